The van der Waals surface area contributed by atoms with Gasteiger partial charge in [-0.3, -0.25) is 10.4 Å². The molecule has 0 amide bonds. The van der Waals surface area contributed by atoms with Gasteiger partial charge >= 0.3 is 0 Å². The van der Waals surface area contributed by atoms with Gasteiger partial charge in [-0.2, -0.15) is 0 Å². The van der Waals surface area contributed by atoms with Crippen LogP contribution in [0.15, 0.2) is 4.99 Å². The normalized spacial score (nSPS) is 21.5. The van der Waals surface area contributed by atoms with E-state index in [0.29, 0.717) is 0 Å². The van der Waals surface area contributed by atoms with E-state index >= 15 is 0 Å². The lowest BCUT2D eigenvalue weighted by molar-refractivity contribution is 0.344. The molecule has 0 bridgehead atoms. The van der Waals surface area contributed by atoms with Crippen molar-refractivity contribution in [2.45, 2.75) is 6.42 Å². The van der Waals surface area contributed by atoms with Gasteiger partial charge in [0, 0.05) is 26.7 Å². The number of likely N-dealkylation sites (N-methyl/N-ethyl adjacent to an activating group) is 1. The maximum absolute atomic E-state index is 5.36. The molecule has 1 heterocycles. The number of nitrogens with one attached hydrogen (secondary N) is 1. The minimum absolute atomic E-state index is 0.787. The zero-order valence-corrected chi connectivity index (χ0v) is 8.45. The number of hydrogen-bond donors (Lipinski definition) is 2. The minimum atomic E-state index is 0.787. The van der Waals surface area contributed by atoms with Crippen molar-refractivity contribution in [3.63, 3.8) is 0 Å². The van der Waals surface area contributed by atoms with Gasteiger partial charge in [-0.05, 0) is 20.0 Å². The van der Waals surface area contributed by atoms with Gasteiger partial charge in [0.15, 0.2) is 0 Å². The highest BCUT2D eigenvalue weighted by Gasteiger charge is 2.14. The van der Waals surface area contributed by atoms with Gasteiger partial charge < -0.3 is 9.80 Å². The lowest BCUT2D eigenvalue weighted by Gasteiger charge is -2.23. The van der Waals surface area contributed by atoms with Crippen LogP contribution in [0.25, 0.3) is 0 Å². The van der Waals surface area contributed by atoms with Gasteiger partial charge in [-0.25, -0.2) is 5.84 Å². The Bertz CT molecular complexity index is 179. The lowest BCUT2D eigenvalue weighted by Crippen LogP contribution is -2.46. The van der Waals surface area contributed by atoms with Crippen molar-refractivity contribution in [3.05, 3.63) is 0 Å². The molecule has 76 valence electrons. The molecule has 0 aromatic heterocycles. The second-order valence-electron chi connectivity index (χ2n) is 3.34. The predicted molar refractivity (Wildman–Crippen MR) is 54.4 cm³/mol. The summed E-state index contributed by atoms with van der Waals surface area (Å²) >= 11 is 0. The summed E-state index contributed by atoms with van der Waals surface area (Å²) in [6, 6.07) is 0. The van der Waals surface area contributed by atoms with Crippen LogP contribution in [0.1, 0.15) is 6.42 Å². The third-order valence-corrected chi connectivity index (χ3v) is 2.36. The molecule has 5 nitrogen and oxygen atoms in total. The first-order chi connectivity index (χ1) is 6.27. The molecule has 1 saturated heterocycles. The molecule has 1 rings (SSSR count). The van der Waals surface area contributed by atoms with Crippen LogP contribution in [-0.4, -0.2) is 56.0 Å². The summed E-state index contributed by atoms with van der Waals surface area (Å²) in [7, 11) is 3.89. The average Bonchev–Trinajstić information content (AvgIpc) is 2.34. The first-order valence-electron chi connectivity index (χ1n) is 4.65. The summed E-state index contributed by atoms with van der Waals surface area (Å²) < 4.78 is 0. The van der Waals surface area contributed by atoms with Crippen LogP contribution in [0, 0.1) is 0 Å². The molecule has 0 saturated carbocycles. The molecule has 0 spiro atoms. The third kappa shape index (κ3) is 2.86. The summed E-state index contributed by atoms with van der Waals surface area (Å²) in [5.74, 6) is 6.15. The van der Waals surface area contributed by atoms with Crippen molar-refractivity contribution in [1.82, 2.24) is 15.2 Å². The van der Waals surface area contributed by atoms with Crippen LogP contribution in [0.3, 0.4) is 0 Å². The zero-order valence-electron chi connectivity index (χ0n) is 8.45. The van der Waals surface area contributed by atoms with E-state index in [1.54, 1.807) is 7.05 Å². The van der Waals surface area contributed by atoms with Gasteiger partial charge in [0.25, 0.3) is 0 Å². The average molecular weight is 185 g/mol. The second-order valence-corrected chi connectivity index (χ2v) is 3.34. The quantitative estimate of drug-likeness (QED) is 0.222. The fourth-order valence-corrected chi connectivity index (χ4v) is 1.56. The molecule has 13 heavy (non-hydrogen) atoms. The summed E-state index contributed by atoms with van der Waals surface area (Å²) in [4.78, 5) is 8.59. The molecule has 1 fully saturated rings. The van der Waals surface area contributed by atoms with Gasteiger partial charge in [-0.1, -0.05) is 0 Å². The second kappa shape index (κ2) is 5.04. The fraction of sp³-hybridized carbons (Fsp3) is 0.875. The van der Waals surface area contributed by atoms with E-state index in [9.17, 15) is 0 Å². The van der Waals surface area contributed by atoms with E-state index < -0.39 is 0 Å². The molecule has 0 aliphatic carbocycles. The molecule has 0 unspecified atom stereocenters. The maximum atomic E-state index is 5.36. The Morgan fingerprint density at radius 1 is 1.31 bits per heavy atom. The summed E-state index contributed by atoms with van der Waals surface area (Å²) in [5.41, 5.74) is 2.62. The van der Waals surface area contributed by atoms with Crippen molar-refractivity contribution >= 4 is 5.96 Å². The molecule has 5 heteroatoms. The number of guanidine groups is 1. The summed E-state index contributed by atoms with van der Waals surface area (Å²) in [6.45, 7) is 4.24. The SMILES string of the molecule is CN=C(NN)N1CCCN(C)CC1. The van der Waals surface area contributed by atoms with E-state index in [-0.39, 0.29) is 0 Å². The molecule has 1 aliphatic heterocycles. The van der Waals surface area contributed by atoms with Crippen molar-refractivity contribution in [2.75, 3.05) is 40.3 Å². The van der Waals surface area contributed by atoms with Crippen molar-refractivity contribution in [1.29, 1.82) is 0 Å². The highest BCUT2D eigenvalue weighted by molar-refractivity contribution is 5.79. The Morgan fingerprint density at radius 2 is 2.08 bits per heavy atom. The van der Waals surface area contributed by atoms with Crippen LogP contribution in [-0.2, 0) is 0 Å². The Hall–Kier alpha value is -0.810. The smallest absolute Gasteiger partial charge is 0.208 e. The van der Waals surface area contributed by atoms with Crippen LogP contribution in [0.2, 0.25) is 0 Å². The standard InChI is InChI=1S/C8H19N5/c1-10-8(11-9)13-5-3-4-12(2)6-7-13/h3-7,9H2,1-2H3,(H,10,11). The van der Waals surface area contributed by atoms with E-state index in [1.807, 2.05) is 0 Å². The fourth-order valence-electron chi connectivity index (χ4n) is 1.56. The van der Waals surface area contributed by atoms with Gasteiger partial charge in [0.05, 0.1) is 0 Å². The molecule has 3 N–H and O–H groups in total. The van der Waals surface area contributed by atoms with E-state index in [2.05, 4.69) is 27.3 Å². The Kier molecular flexibility index (Phi) is 3.98. The molecule has 0 radical (unpaired) electrons. The Labute approximate surface area is 79.6 Å². The third-order valence-electron chi connectivity index (χ3n) is 2.36. The van der Waals surface area contributed by atoms with E-state index in [1.165, 1.54) is 0 Å². The predicted octanol–water partition coefficient (Wildman–Crippen LogP) is -0.927. The lowest BCUT2D eigenvalue weighted by atomic mass is 10.4. The van der Waals surface area contributed by atoms with Crippen LogP contribution >= 0.6 is 0 Å². The topological polar surface area (TPSA) is 56.9 Å². The van der Waals surface area contributed by atoms with Gasteiger partial charge in [0.1, 0.15) is 0 Å². The van der Waals surface area contributed by atoms with Gasteiger partial charge in [-0.15, -0.1) is 0 Å². The number of hydrazine groups is 1. The van der Waals surface area contributed by atoms with E-state index in [4.69, 9.17) is 5.84 Å². The van der Waals surface area contributed by atoms with Crippen molar-refractivity contribution in [3.8, 4) is 0 Å². The first kappa shape index (κ1) is 10.3. The minimum Gasteiger partial charge on any atom is -0.341 e. The number of nitrogens with two attached hydrogens (primary N) is 1. The zero-order chi connectivity index (χ0) is 9.68. The van der Waals surface area contributed by atoms with Gasteiger partial charge in [0.2, 0.25) is 5.96 Å². The molecular weight excluding hydrogens is 166 g/mol. The van der Waals surface area contributed by atoms with Crippen molar-refractivity contribution in [2.24, 2.45) is 10.8 Å². The van der Waals surface area contributed by atoms with Crippen LogP contribution in [0.4, 0.5) is 0 Å². The monoisotopic (exact) mass is 185 g/mol. The van der Waals surface area contributed by atoms with E-state index in [0.717, 1.165) is 38.6 Å². The summed E-state index contributed by atoms with van der Waals surface area (Å²) in [6.07, 6.45) is 1.16. The first-order valence-corrected chi connectivity index (χ1v) is 4.65. The van der Waals surface area contributed by atoms with Crippen molar-refractivity contribution < 1.29 is 0 Å². The molecule has 0 atom stereocenters. The summed E-state index contributed by atoms with van der Waals surface area (Å²) in [5, 5.41) is 0. The molecule has 0 aromatic rings. The highest BCUT2D eigenvalue weighted by Crippen LogP contribution is 2.00. The molecule has 1 aliphatic rings. The van der Waals surface area contributed by atoms with Crippen LogP contribution < -0.4 is 11.3 Å². The number of nitrogens with zero attached hydrogens (tertiary/aromatic N) is 3. The highest BCUT2D eigenvalue weighted by atomic mass is 15.4. The maximum Gasteiger partial charge on any atom is 0.208 e. The Balaban J connectivity index is 2.50. The molecule has 0 aromatic carbocycles. The number of rotatable bonds is 0. The number of hydrogen-bond acceptors (Lipinski definition) is 3. The molecular formula is C8H19N5. The Morgan fingerprint density at radius 3 is 2.69 bits per heavy atom. The number of aliphatic imine (C=N–C) groups is 1. The largest absolute Gasteiger partial charge is 0.341 e. The van der Waals surface area contributed by atoms with Crippen LogP contribution in [0.5, 0.6) is 0 Å².